The van der Waals surface area contributed by atoms with E-state index >= 15 is 0 Å². The van der Waals surface area contributed by atoms with Crippen molar-refractivity contribution in [3.05, 3.63) is 64.5 Å². The Bertz CT molecular complexity index is 674. The summed E-state index contributed by atoms with van der Waals surface area (Å²) in [5, 5.41) is 0. The van der Waals surface area contributed by atoms with Gasteiger partial charge in [-0.3, -0.25) is 4.79 Å². The van der Waals surface area contributed by atoms with Crippen LogP contribution in [0.3, 0.4) is 0 Å². The van der Waals surface area contributed by atoms with Crippen molar-refractivity contribution in [1.29, 1.82) is 0 Å². The summed E-state index contributed by atoms with van der Waals surface area (Å²) < 4.78 is 19.6. The number of ether oxygens (including phenoxy) is 1. The molecule has 0 atom stereocenters. The van der Waals surface area contributed by atoms with E-state index in [1.54, 1.807) is 18.2 Å². The van der Waals surface area contributed by atoms with Crippen molar-refractivity contribution < 1.29 is 13.9 Å². The molecule has 0 saturated carbocycles. The lowest BCUT2D eigenvalue weighted by atomic mass is 9.98. The van der Waals surface area contributed by atoms with Gasteiger partial charge in [0.25, 0.3) is 0 Å². The lowest BCUT2D eigenvalue weighted by Gasteiger charge is -2.10. The third-order valence-corrected chi connectivity index (χ3v) is 3.78. The van der Waals surface area contributed by atoms with Gasteiger partial charge in [0.05, 0.1) is 6.61 Å². The van der Waals surface area contributed by atoms with Crippen LogP contribution in [0.25, 0.3) is 0 Å². The molecule has 1 aliphatic heterocycles. The molecular formula is C18H17FO2. The number of aryl methyl sites for hydroxylation is 2. The summed E-state index contributed by atoms with van der Waals surface area (Å²) in [7, 11) is 0. The molecule has 3 rings (SSSR count). The van der Waals surface area contributed by atoms with E-state index < -0.39 is 5.82 Å². The summed E-state index contributed by atoms with van der Waals surface area (Å²) in [6.07, 6.45) is 2.62. The number of hydrogen-bond acceptors (Lipinski definition) is 2. The Balaban J connectivity index is 1.99. The maximum absolute atomic E-state index is 14.2. The van der Waals surface area contributed by atoms with Crippen molar-refractivity contribution in [3.8, 4) is 5.75 Å². The van der Waals surface area contributed by atoms with Crippen molar-refractivity contribution in [3.63, 3.8) is 0 Å². The highest BCUT2D eigenvalue weighted by atomic mass is 19.1. The van der Waals surface area contributed by atoms with E-state index in [1.807, 2.05) is 19.1 Å². The van der Waals surface area contributed by atoms with Crippen molar-refractivity contribution in [2.45, 2.75) is 26.2 Å². The van der Waals surface area contributed by atoms with Gasteiger partial charge in [-0.1, -0.05) is 29.8 Å². The molecule has 0 saturated heterocycles. The van der Waals surface area contributed by atoms with E-state index in [0.29, 0.717) is 23.5 Å². The minimum atomic E-state index is -0.440. The molecule has 0 spiro atoms. The Morgan fingerprint density at radius 1 is 1.10 bits per heavy atom. The zero-order chi connectivity index (χ0) is 14.8. The lowest BCUT2D eigenvalue weighted by Crippen LogP contribution is -2.05. The molecule has 0 amide bonds. The molecule has 0 bridgehead atoms. The molecule has 108 valence electrons. The molecule has 2 nitrogen and oxygen atoms in total. The zero-order valence-electron chi connectivity index (χ0n) is 12.0. The van der Waals surface area contributed by atoms with Crippen molar-refractivity contribution >= 4 is 5.78 Å². The average molecular weight is 284 g/mol. The van der Waals surface area contributed by atoms with Gasteiger partial charge in [0.15, 0.2) is 17.3 Å². The molecule has 0 radical (unpaired) electrons. The second kappa shape index (κ2) is 5.68. The predicted octanol–water partition coefficient (Wildman–Crippen LogP) is 4.08. The third kappa shape index (κ3) is 2.82. The average Bonchev–Trinajstić information content (AvgIpc) is 2.73. The highest BCUT2D eigenvalue weighted by Crippen LogP contribution is 2.29. The van der Waals surface area contributed by atoms with Gasteiger partial charge in [-0.15, -0.1) is 0 Å². The van der Waals surface area contributed by atoms with Crippen LogP contribution >= 0.6 is 0 Å². The smallest absolute Gasteiger partial charge is 0.193 e. The fourth-order valence-corrected chi connectivity index (χ4v) is 2.59. The van der Waals surface area contributed by atoms with E-state index in [0.717, 1.165) is 30.4 Å². The highest BCUT2D eigenvalue weighted by Gasteiger charge is 2.18. The van der Waals surface area contributed by atoms with Gasteiger partial charge in [0.2, 0.25) is 0 Å². The fraction of sp³-hybridized carbons (Fsp3) is 0.278. The molecule has 2 aromatic rings. The first-order valence-corrected chi connectivity index (χ1v) is 7.22. The van der Waals surface area contributed by atoms with Crippen LogP contribution in [-0.4, -0.2) is 12.4 Å². The molecular weight excluding hydrogens is 267 g/mol. The molecule has 0 aromatic heterocycles. The summed E-state index contributed by atoms with van der Waals surface area (Å²) in [4.78, 5) is 12.5. The van der Waals surface area contributed by atoms with Crippen LogP contribution in [0.15, 0.2) is 36.4 Å². The summed E-state index contributed by atoms with van der Waals surface area (Å²) in [6, 6.07) is 10.4. The summed E-state index contributed by atoms with van der Waals surface area (Å²) >= 11 is 0. The van der Waals surface area contributed by atoms with Crippen LogP contribution < -0.4 is 4.74 Å². The first-order valence-electron chi connectivity index (χ1n) is 7.22. The van der Waals surface area contributed by atoms with E-state index in [1.165, 1.54) is 6.07 Å². The molecule has 1 heterocycles. The summed E-state index contributed by atoms with van der Waals surface area (Å²) in [5.41, 5.74) is 2.85. The fourth-order valence-electron chi connectivity index (χ4n) is 2.59. The van der Waals surface area contributed by atoms with Gasteiger partial charge in [-0.2, -0.15) is 0 Å². The molecule has 2 aromatic carbocycles. The Kier molecular flexibility index (Phi) is 3.74. The standard InChI is InChI=1S/C18H17FO2/c1-12-5-7-13(8-6-12)17(20)15-10-14-4-2-3-9-21-18(14)16(19)11-15/h5-8,10-11H,2-4,9H2,1H3. The zero-order valence-corrected chi connectivity index (χ0v) is 12.0. The van der Waals surface area contributed by atoms with Gasteiger partial charge < -0.3 is 4.74 Å². The van der Waals surface area contributed by atoms with Crippen LogP contribution in [0.5, 0.6) is 5.75 Å². The Labute approximate surface area is 123 Å². The maximum Gasteiger partial charge on any atom is 0.193 e. The van der Waals surface area contributed by atoms with E-state index in [2.05, 4.69) is 0 Å². The van der Waals surface area contributed by atoms with Crippen LogP contribution in [0, 0.1) is 12.7 Å². The molecule has 0 unspecified atom stereocenters. The number of benzene rings is 2. The number of hydrogen-bond donors (Lipinski definition) is 0. The second-order valence-corrected chi connectivity index (χ2v) is 5.45. The number of carbonyl (C=O) groups is 1. The molecule has 1 aliphatic rings. The Morgan fingerprint density at radius 3 is 2.62 bits per heavy atom. The molecule has 21 heavy (non-hydrogen) atoms. The molecule has 0 fully saturated rings. The SMILES string of the molecule is Cc1ccc(C(=O)c2cc(F)c3c(c2)CCCCO3)cc1. The summed E-state index contributed by atoms with van der Waals surface area (Å²) in [5.74, 6) is -0.279. The molecule has 0 aliphatic carbocycles. The number of halogens is 1. The minimum absolute atomic E-state index is 0.152. The first kappa shape index (κ1) is 13.8. The van der Waals surface area contributed by atoms with Gasteiger partial charge in [0.1, 0.15) is 0 Å². The normalized spacial score (nSPS) is 14.0. The van der Waals surface area contributed by atoms with E-state index in [4.69, 9.17) is 4.74 Å². The largest absolute Gasteiger partial charge is 0.490 e. The number of rotatable bonds is 2. The lowest BCUT2D eigenvalue weighted by molar-refractivity contribution is 0.103. The summed E-state index contributed by atoms with van der Waals surface area (Å²) in [6.45, 7) is 2.50. The van der Waals surface area contributed by atoms with E-state index in [-0.39, 0.29) is 5.78 Å². The second-order valence-electron chi connectivity index (χ2n) is 5.45. The maximum atomic E-state index is 14.2. The highest BCUT2D eigenvalue weighted by molar-refractivity contribution is 6.09. The number of carbonyl (C=O) groups excluding carboxylic acids is 1. The van der Waals surface area contributed by atoms with Crippen molar-refractivity contribution in [2.75, 3.05) is 6.61 Å². The number of ketones is 1. The third-order valence-electron chi connectivity index (χ3n) is 3.78. The van der Waals surface area contributed by atoms with Crippen LogP contribution in [0.1, 0.15) is 39.9 Å². The van der Waals surface area contributed by atoms with Gasteiger partial charge in [-0.25, -0.2) is 4.39 Å². The van der Waals surface area contributed by atoms with Crippen LogP contribution in [0.4, 0.5) is 4.39 Å². The van der Waals surface area contributed by atoms with Gasteiger partial charge in [-0.05, 0) is 43.9 Å². The number of fused-ring (bicyclic) bond motifs is 1. The monoisotopic (exact) mass is 284 g/mol. The van der Waals surface area contributed by atoms with Gasteiger partial charge in [0, 0.05) is 11.1 Å². The first-order chi connectivity index (χ1) is 10.1. The van der Waals surface area contributed by atoms with Crippen molar-refractivity contribution in [1.82, 2.24) is 0 Å². The quantitative estimate of drug-likeness (QED) is 0.777. The Hall–Kier alpha value is -2.16. The van der Waals surface area contributed by atoms with Crippen molar-refractivity contribution in [2.24, 2.45) is 0 Å². The minimum Gasteiger partial charge on any atom is -0.490 e. The van der Waals surface area contributed by atoms with E-state index in [9.17, 15) is 9.18 Å². The van der Waals surface area contributed by atoms with Crippen LogP contribution in [-0.2, 0) is 6.42 Å². The Morgan fingerprint density at radius 2 is 1.86 bits per heavy atom. The topological polar surface area (TPSA) is 26.3 Å². The predicted molar refractivity (Wildman–Crippen MR) is 79.4 cm³/mol. The van der Waals surface area contributed by atoms with Gasteiger partial charge >= 0.3 is 0 Å². The molecule has 3 heteroatoms. The molecule has 0 N–H and O–H groups in total. The van der Waals surface area contributed by atoms with Crippen LogP contribution in [0.2, 0.25) is 0 Å².